The van der Waals surface area contributed by atoms with Crippen molar-refractivity contribution in [2.45, 2.75) is 64.1 Å². The molecule has 2 rings (SSSR count). The number of nitrogens with zero attached hydrogens (tertiary/aromatic N) is 2. The molecule has 1 aliphatic carbocycles. The Balaban J connectivity index is 1.98. The molecule has 120 valence electrons. The number of carbonyl (C=O) groups excluding carboxylic acids is 1. The second-order valence-electron chi connectivity index (χ2n) is 6.17. The molecule has 6 nitrogen and oxygen atoms in total. The van der Waals surface area contributed by atoms with Crippen LogP contribution in [0.15, 0.2) is 0 Å². The number of morpholine rings is 1. The second-order valence-corrected chi connectivity index (χ2v) is 6.17. The van der Waals surface area contributed by atoms with Crippen LogP contribution in [0.2, 0.25) is 0 Å². The van der Waals surface area contributed by atoms with Crippen LogP contribution in [0.4, 0.5) is 4.79 Å². The van der Waals surface area contributed by atoms with E-state index in [0.29, 0.717) is 26.1 Å². The maximum Gasteiger partial charge on any atom is 0.320 e. The number of hydrogen-bond acceptors (Lipinski definition) is 3. The van der Waals surface area contributed by atoms with E-state index in [9.17, 15) is 9.59 Å². The van der Waals surface area contributed by atoms with E-state index in [4.69, 9.17) is 9.84 Å². The zero-order valence-corrected chi connectivity index (χ0v) is 13.0. The number of urea groups is 1. The zero-order valence-electron chi connectivity index (χ0n) is 13.0. The first-order valence-electron chi connectivity index (χ1n) is 7.91. The molecule has 2 unspecified atom stereocenters. The molecule has 2 aliphatic rings. The molecule has 0 radical (unpaired) electrons. The summed E-state index contributed by atoms with van der Waals surface area (Å²) in [5.41, 5.74) is 0. The van der Waals surface area contributed by atoms with Gasteiger partial charge in [0.2, 0.25) is 0 Å². The van der Waals surface area contributed by atoms with Crippen LogP contribution >= 0.6 is 0 Å². The summed E-state index contributed by atoms with van der Waals surface area (Å²) in [6.07, 6.45) is 3.95. The average molecular weight is 298 g/mol. The van der Waals surface area contributed by atoms with Crippen LogP contribution in [0.1, 0.15) is 46.0 Å². The molecule has 1 aliphatic heterocycles. The minimum atomic E-state index is -0.812. The molecule has 0 aromatic rings. The highest BCUT2D eigenvalue weighted by Gasteiger charge is 2.40. The zero-order chi connectivity index (χ0) is 15.4. The highest BCUT2D eigenvalue weighted by molar-refractivity contribution is 5.75. The maximum absolute atomic E-state index is 12.8. The number of carbonyl (C=O) groups is 2. The molecule has 2 amide bonds. The normalized spacial score (nSPS) is 25.0. The molecule has 6 heteroatoms. The molecule has 0 spiro atoms. The Morgan fingerprint density at radius 3 is 2.81 bits per heavy atom. The van der Waals surface area contributed by atoms with E-state index in [1.165, 1.54) is 0 Å². The van der Waals surface area contributed by atoms with Gasteiger partial charge in [-0.25, -0.2) is 4.79 Å². The highest BCUT2D eigenvalue weighted by Crippen LogP contribution is 2.30. The monoisotopic (exact) mass is 298 g/mol. The van der Waals surface area contributed by atoms with E-state index in [2.05, 4.69) is 0 Å². The summed E-state index contributed by atoms with van der Waals surface area (Å²) in [6.45, 7) is 5.70. The van der Waals surface area contributed by atoms with E-state index in [0.717, 1.165) is 19.3 Å². The van der Waals surface area contributed by atoms with E-state index in [1.54, 1.807) is 4.90 Å². The third-order valence-electron chi connectivity index (χ3n) is 4.39. The van der Waals surface area contributed by atoms with Crippen LogP contribution in [0.3, 0.4) is 0 Å². The number of carboxylic acid groups (broad SMARTS) is 1. The van der Waals surface area contributed by atoms with Gasteiger partial charge in [0.25, 0.3) is 0 Å². The Labute approximate surface area is 126 Å². The fraction of sp³-hybridized carbons (Fsp3) is 0.867. The van der Waals surface area contributed by atoms with Crippen molar-refractivity contribution >= 4 is 12.0 Å². The van der Waals surface area contributed by atoms with E-state index in [1.807, 2.05) is 18.7 Å². The van der Waals surface area contributed by atoms with Crippen molar-refractivity contribution < 1.29 is 19.4 Å². The molecule has 0 bridgehead atoms. The van der Waals surface area contributed by atoms with Gasteiger partial charge in [-0.2, -0.15) is 0 Å². The number of aliphatic carboxylic acids is 1. The smallest absolute Gasteiger partial charge is 0.320 e. The lowest BCUT2D eigenvalue weighted by Gasteiger charge is -2.41. The Morgan fingerprint density at radius 2 is 2.14 bits per heavy atom. The first kappa shape index (κ1) is 16.1. The van der Waals surface area contributed by atoms with Crippen LogP contribution in [0.5, 0.6) is 0 Å². The molecule has 21 heavy (non-hydrogen) atoms. The molecular formula is C15H26N2O4. The minimum Gasteiger partial charge on any atom is -0.481 e. The predicted octanol–water partition coefficient (Wildman–Crippen LogP) is 1.93. The lowest BCUT2D eigenvalue weighted by Crippen LogP contribution is -2.56. The van der Waals surface area contributed by atoms with Crippen LogP contribution in [-0.2, 0) is 9.53 Å². The largest absolute Gasteiger partial charge is 0.481 e. The summed E-state index contributed by atoms with van der Waals surface area (Å²) >= 11 is 0. The van der Waals surface area contributed by atoms with Gasteiger partial charge in [-0.05, 0) is 39.5 Å². The van der Waals surface area contributed by atoms with Gasteiger partial charge in [-0.1, -0.05) is 0 Å². The number of carboxylic acids is 1. The van der Waals surface area contributed by atoms with Crippen molar-refractivity contribution in [1.82, 2.24) is 9.80 Å². The number of ether oxygens (including phenoxy) is 1. The first-order valence-corrected chi connectivity index (χ1v) is 7.91. The predicted molar refractivity (Wildman–Crippen MR) is 78.2 cm³/mol. The molecule has 0 aromatic carbocycles. The Morgan fingerprint density at radius 1 is 1.38 bits per heavy atom. The van der Waals surface area contributed by atoms with E-state index >= 15 is 0 Å². The lowest BCUT2D eigenvalue weighted by molar-refractivity contribution is -0.137. The van der Waals surface area contributed by atoms with Crippen molar-refractivity contribution in [2.24, 2.45) is 0 Å². The molecule has 1 heterocycles. The fourth-order valence-electron chi connectivity index (χ4n) is 3.30. The highest BCUT2D eigenvalue weighted by atomic mass is 16.5. The SMILES string of the molecule is CC(C)N(CCCC(=O)O)C(=O)N1CCOC2CCCC21. The van der Waals surface area contributed by atoms with Gasteiger partial charge in [0.05, 0.1) is 18.8 Å². The van der Waals surface area contributed by atoms with Gasteiger partial charge in [-0.15, -0.1) is 0 Å². The van der Waals surface area contributed by atoms with E-state index in [-0.39, 0.29) is 30.6 Å². The van der Waals surface area contributed by atoms with Gasteiger partial charge in [0, 0.05) is 25.6 Å². The molecule has 1 saturated carbocycles. The number of rotatable bonds is 5. The third-order valence-corrected chi connectivity index (χ3v) is 4.39. The van der Waals surface area contributed by atoms with Crippen LogP contribution < -0.4 is 0 Å². The Hall–Kier alpha value is -1.30. The fourth-order valence-corrected chi connectivity index (χ4v) is 3.30. The molecule has 1 N–H and O–H groups in total. The number of amides is 2. The Kier molecular flexibility index (Phi) is 5.45. The van der Waals surface area contributed by atoms with E-state index < -0.39 is 5.97 Å². The standard InChI is InChI=1S/C15H26N2O4/c1-11(2)16(8-4-7-14(18)19)15(20)17-9-10-21-13-6-3-5-12(13)17/h11-13H,3-10H2,1-2H3,(H,18,19). The molecular weight excluding hydrogens is 272 g/mol. The molecule has 0 aromatic heterocycles. The molecule has 2 fully saturated rings. The molecule has 2 atom stereocenters. The van der Waals surface area contributed by atoms with Gasteiger partial charge in [0.1, 0.15) is 0 Å². The van der Waals surface area contributed by atoms with Crippen molar-refractivity contribution in [1.29, 1.82) is 0 Å². The van der Waals surface area contributed by atoms with Gasteiger partial charge >= 0.3 is 12.0 Å². The van der Waals surface area contributed by atoms with Gasteiger partial charge in [-0.3, -0.25) is 4.79 Å². The summed E-state index contributed by atoms with van der Waals surface area (Å²) in [7, 11) is 0. The number of hydrogen-bond donors (Lipinski definition) is 1. The summed E-state index contributed by atoms with van der Waals surface area (Å²) in [4.78, 5) is 27.2. The topological polar surface area (TPSA) is 70.1 Å². The average Bonchev–Trinajstić information content (AvgIpc) is 2.90. The third kappa shape index (κ3) is 3.87. The van der Waals surface area contributed by atoms with Crippen molar-refractivity contribution in [2.75, 3.05) is 19.7 Å². The lowest BCUT2D eigenvalue weighted by atomic mass is 10.1. The van der Waals surface area contributed by atoms with Crippen LogP contribution in [-0.4, -0.2) is 64.8 Å². The van der Waals surface area contributed by atoms with Crippen LogP contribution in [0, 0.1) is 0 Å². The van der Waals surface area contributed by atoms with Crippen molar-refractivity contribution in [3.63, 3.8) is 0 Å². The summed E-state index contributed by atoms with van der Waals surface area (Å²) < 4.78 is 5.74. The van der Waals surface area contributed by atoms with Gasteiger partial charge < -0.3 is 19.6 Å². The maximum atomic E-state index is 12.8. The van der Waals surface area contributed by atoms with Gasteiger partial charge in [0.15, 0.2) is 0 Å². The summed E-state index contributed by atoms with van der Waals surface area (Å²) in [5, 5.41) is 8.75. The van der Waals surface area contributed by atoms with Crippen molar-refractivity contribution in [3.05, 3.63) is 0 Å². The van der Waals surface area contributed by atoms with Crippen molar-refractivity contribution in [3.8, 4) is 0 Å². The first-order chi connectivity index (χ1) is 10.0. The second kappa shape index (κ2) is 7.11. The Bertz CT molecular complexity index is 386. The number of fused-ring (bicyclic) bond motifs is 1. The molecule has 1 saturated heterocycles. The van der Waals surface area contributed by atoms with Crippen LogP contribution in [0.25, 0.3) is 0 Å². The summed E-state index contributed by atoms with van der Waals surface area (Å²) in [5.74, 6) is -0.812. The minimum absolute atomic E-state index is 0.0376. The summed E-state index contributed by atoms with van der Waals surface area (Å²) in [6, 6.07) is 0.316. The quantitative estimate of drug-likeness (QED) is 0.842.